The predicted octanol–water partition coefficient (Wildman–Crippen LogP) is 3.54. The average molecular weight is 333 g/mol. The third-order valence-electron chi connectivity index (χ3n) is 5.11. The van der Waals surface area contributed by atoms with Gasteiger partial charge in [0.05, 0.1) is 12.1 Å². The van der Waals surface area contributed by atoms with Gasteiger partial charge in [0, 0.05) is 22.1 Å². The Morgan fingerprint density at radius 3 is 1.88 bits per heavy atom. The average Bonchev–Trinajstić information content (AvgIpc) is 3.18. The molecule has 1 fully saturated rings. The van der Waals surface area contributed by atoms with E-state index in [-0.39, 0.29) is 11.1 Å². The molecule has 1 atom stereocenters. The quantitative estimate of drug-likeness (QED) is 0.748. The molecular formula is C19H9ClN2O2. The third-order valence-corrected chi connectivity index (χ3v) is 5.45. The number of rotatable bonds is 1. The van der Waals surface area contributed by atoms with Gasteiger partial charge in [0.25, 0.3) is 0 Å². The molecule has 0 amide bonds. The second-order valence-corrected chi connectivity index (χ2v) is 6.41. The van der Waals surface area contributed by atoms with Crippen molar-refractivity contribution in [2.24, 2.45) is 10.8 Å². The van der Waals surface area contributed by atoms with Crippen molar-refractivity contribution in [2.75, 3.05) is 0 Å². The maximum Gasteiger partial charge on any atom is 0.180 e. The van der Waals surface area contributed by atoms with E-state index in [1.807, 2.05) is 12.1 Å². The summed E-state index contributed by atoms with van der Waals surface area (Å²) in [5.74, 6) is -1.78. The molecule has 2 aliphatic rings. The molecule has 2 aliphatic carbocycles. The van der Waals surface area contributed by atoms with Crippen molar-refractivity contribution in [1.29, 1.82) is 10.5 Å². The number of hydrogen-bond donors (Lipinski definition) is 0. The molecule has 4 nitrogen and oxygen atoms in total. The number of halogens is 1. The van der Waals surface area contributed by atoms with Crippen molar-refractivity contribution >= 4 is 23.2 Å². The summed E-state index contributed by atoms with van der Waals surface area (Å²) in [6.07, 6.45) is 0. The Balaban J connectivity index is 2.01. The molecule has 114 valence electrons. The van der Waals surface area contributed by atoms with Gasteiger partial charge in [0.2, 0.25) is 0 Å². The number of carbonyl (C=O) groups is 2. The minimum absolute atomic E-state index is 0.270. The van der Waals surface area contributed by atoms with Gasteiger partial charge in [-0.3, -0.25) is 9.59 Å². The summed E-state index contributed by atoms with van der Waals surface area (Å²) in [6, 6.07) is 17.1. The lowest BCUT2D eigenvalue weighted by atomic mass is 9.89. The van der Waals surface area contributed by atoms with E-state index in [0.717, 1.165) is 0 Å². The first-order valence-electron chi connectivity index (χ1n) is 7.32. The molecule has 0 aromatic heterocycles. The zero-order valence-corrected chi connectivity index (χ0v) is 13.0. The molecule has 2 aromatic carbocycles. The van der Waals surface area contributed by atoms with Crippen LogP contribution in [0.4, 0.5) is 0 Å². The summed E-state index contributed by atoms with van der Waals surface area (Å²) >= 11 is 6.23. The number of ketones is 2. The fraction of sp³-hybridized carbons (Fsp3) is 0.158. The Bertz CT molecular complexity index is 964. The predicted molar refractivity (Wildman–Crippen MR) is 85.4 cm³/mol. The molecule has 0 aliphatic heterocycles. The summed E-state index contributed by atoms with van der Waals surface area (Å²) < 4.78 is 0. The minimum atomic E-state index is -1.73. The molecule has 0 saturated heterocycles. The topological polar surface area (TPSA) is 81.7 Å². The van der Waals surface area contributed by atoms with Gasteiger partial charge in [-0.15, -0.1) is 0 Å². The van der Waals surface area contributed by atoms with Gasteiger partial charge in [-0.2, -0.15) is 10.5 Å². The number of hydrogen-bond acceptors (Lipinski definition) is 4. The van der Waals surface area contributed by atoms with E-state index < -0.39 is 28.3 Å². The fourth-order valence-electron chi connectivity index (χ4n) is 4.01. The van der Waals surface area contributed by atoms with Gasteiger partial charge >= 0.3 is 0 Å². The van der Waals surface area contributed by atoms with Crippen LogP contribution in [0.3, 0.4) is 0 Å². The van der Waals surface area contributed by atoms with Crippen LogP contribution >= 0.6 is 11.6 Å². The van der Waals surface area contributed by atoms with Gasteiger partial charge in [0.1, 0.15) is 5.41 Å². The molecule has 0 heterocycles. The highest BCUT2D eigenvalue weighted by Crippen LogP contribution is 2.78. The third kappa shape index (κ3) is 1.34. The zero-order chi connectivity index (χ0) is 17.1. The van der Waals surface area contributed by atoms with Crippen LogP contribution in [0.25, 0.3) is 0 Å². The standard InChI is InChI=1S/C19H9ClN2O2/c20-14-8-4-3-7-13(14)15-18(9-21,10-22)19(15)16(23)11-5-1-2-6-12(11)17(19)24/h1-8,15H. The van der Waals surface area contributed by atoms with Crippen LogP contribution in [0.2, 0.25) is 5.02 Å². The lowest BCUT2D eigenvalue weighted by Crippen LogP contribution is -2.24. The Morgan fingerprint density at radius 1 is 0.875 bits per heavy atom. The highest BCUT2D eigenvalue weighted by atomic mass is 35.5. The van der Waals surface area contributed by atoms with Crippen LogP contribution in [0.1, 0.15) is 32.2 Å². The highest BCUT2D eigenvalue weighted by Gasteiger charge is 2.88. The molecule has 0 bridgehead atoms. The number of nitriles is 2. The molecular weight excluding hydrogens is 324 g/mol. The normalized spacial score (nSPS) is 21.9. The van der Waals surface area contributed by atoms with Crippen LogP contribution in [0.5, 0.6) is 0 Å². The summed E-state index contributed by atoms with van der Waals surface area (Å²) in [4.78, 5) is 26.1. The first-order valence-corrected chi connectivity index (χ1v) is 7.69. The summed E-state index contributed by atoms with van der Waals surface area (Å²) in [5, 5.41) is 19.7. The molecule has 0 N–H and O–H groups in total. The molecule has 24 heavy (non-hydrogen) atoms. The Hall–Kier alpha value is -2.95. The lowest BCUT2D eigenvalue weighted by molar-refractivity contribution is 0.0792. The van der Waals surface area contributed by atoms with Crippen LogP contribution < -0.4 is 0 Å². The van der Waals surface area contributed by atoms with Gasteiger partial charge in [0.15, 0.2) is 17.0 Å². The van der Waals surface area contributed by atoms with E-state index in [1.165, 1.54) is 0 Å². The molecule has 2 aromatic rings. The van der Waals surface area contributed by atoms with Crippen LogP contribution in [0, 0.1) is 33.5 Å². The Kier molecular flexibility index (Phi) is 2.77. The summed E-state index contributed by atoms with van der Waals surface area (Å²) in [5.41, 5.74) is -2.40. The van der Waals surface area contributed by atoms with Gasteiger partial charge in [-0.1, -0.05) is 54.1 Å². The molecule has 0 radical (unpaired) electrons. The van der Waals surface area contributed by atoms with Crippen molar-refractivity contribution in [1.82, 2.24) is 0 Å². The lowest BCUT2D eigenvalue weighted by Gasteiger charge is -2.06. The first-order chi connectivity index (χ1) is 11.6. The highest BCUT2D eigenvalue weighted by molar-refractivity contribution is 6.35. The Labute approximate surface area is 142 Å². The molecule has 5 heteroatoms. The maximum absolute atomic E-state index is 13.1. The van der Waals surface area contributed by atoms with Crippen molar-refractivity contribution in [3.05, 3.63) is 70.2 Å². The number of Topliss-reactive ketones (excluding diaryl/α,β-unsaturated/α-hetero) is 2. The van der Waals surface area contributed by atoms with E-state index in [9.17, 15) is 20.1 Å². The van der Waals surface area contributed by atoms with E-state index in [1.54, 1.807) is 48.5 Å². The monoisotopic (exact) mass is 332 g/mol. The SMILES string of the molecule is N#CC1(C#N)C(c2ccccc2Cl)C12C(=O)c1ccccc1C2=O. The molecule has 1 unspecified atom stereocenters. The Morgan fingerprint density at radius 2 is 1.38 bits per heavy atom. The van der Waals surface area contributed by atoms with Crippen molar-refractivity contribution in [3.8, 4) is 12.1 Å². The fourth-order valence-corrected chi connectivity index (χ4v) is 4.25. The smallest absolute Gasteiger partial charge is 0.180 e. The summed E-state index contributed by atoms with van der Waals surface area (Å²) in [6.45, 7) is 0. The number of nitrogens with zero attached hydrogens (tertiary/aromatic N) is 2. The van der Waals surface area contributed by atoms with Gasteiger partial charge < -0.3 is 0 Å². The van der Waals surface area contributed by atoms with Crippen molar-refractivity contribution in [2.45, 2.75) is 5.92 Å². The number of benzene rings is 2. The van der Waals surface area contributed by atoms with E-state index in [4.69, 9.17) is 11.6 Å². The number of carbonyl (C=O) groups excluding carboxylic acids is 2. The second kappa shape index (κ2) is 4.54. The first kappa shape index (κ1) is 14.6. The summed E-state index contributed by atoms with van der Waals surface area (Å²) in [7, 11) is 0. The van der Waals surface area contributed by atoms with Gasteiger partial charge in [-0.05, 0) is 11.6 Å². The van der Waals surface area contributed by atoms with Crippen LogP contribution in [0.15, 0.2) is 48.5 Å². The zero-order valence-electron chi connectivity index (χ0n) is 12.3. The van der Waals surface area contributed by atoms with Crippen LogP contribution in [-0.4, -0.2) is 11.6 Å². The van der Waals surface area contributed by atoms with Crippen molar-refractivity contribution < 1.29 is 9.59 Å². The van der Waals surface area contributed by atoms with Crippen molar-refractivity contribution in [3.63, 3.8) is 0 Å². The van der Waals surface area contributed by atoms with Gasteiger partial charge in [-0.25, -0.2) is 0 Å². The van der Waals surface area contributed by atoms with E-state index in [2.05, 4.69) is 0 Å². The van der Waals surface area contributed by atoms with E-state index in [0.29, 0.717) is 10.6 Å². The molecule has 1 saturated carbocycles. The number of fused-ring (bicyclic) bond motifs is 1. The maximum atomic E-state index is 13.1. The minimum Gasteiger partial charge on any atom is -0.293 e. The molecule has 1 spiro atoms. The largest absolute Gasteiger partial charge is 0.293 e. The molecule has 4 rings (SSSR count). The second-order valence-electron chi connectivity index (χ2n) is 6.00. The van der Waals surface area contributed by atoms with E-state index >= 15 is 0 Å². The van der Waals surface area contributed by atoms with Crippen LogP contribution in [-0.2, 0) is 0 Å².